The van der Waals surface area contributed by atoms with Gasteiger partial charge in [-0.15, -0.1) is 0 Å². The second-order valence-electron chi connectivity index (χ2n) is 5.01. The number of urea groups is 1. The normalized spacial score (nSPS) is 11.8. The number of pyridine rings is 1. The average molecular weight is 304 g/mol. The first-order valence-corrected chi connectivity index (χ1v) is 7.10. The summed E-state index contributed by atoms with van der Waals surface area (Å²) in [6.45, 7) is 5.76. The van der Waals surface area contributed by atoms with Crippen molar-refractivity contribution in [2.24, 2.45) is 0 Å². The topological polar surface area (TPSA) is 54.0 Å². The molecule has 4 nitrogen and oxygen atoms in total. The van der Waals surface area contributed by atoms with Gasteiger partial charge in [0.25, 0.3) is 0 Å². The molecule has 0 aliphatic rings. The van der Waals surface area contributed by atoms with Gasteiger partial charge in [-0.25, -0.2) is 4.79 Å². The van der Waals surface area contributed by atoms with Crippen molar-refractivity contribution >= 4 is 23.3 Å². The highest BCUT2D eigenvalue weighted by atomic mass is 35.5. The maximum atomic E-state index is 12.1. The Morgan fingerprint density at radius 3 is 2.67 bits per heavy atom. The summed E-state index contributed by atoms with van der Waals surface area (Å²) in [5.74, 6) is 0. The van der Waals surface area contributed by atoms with Crippen LogP contribution in [0.5, 0.6) is 0 Å². The van der Waals surface area contributed by atoms with Crippen LogP contribution < -0.4 is 10.6 Å². The first-order valence-electron chi connectivity index (χ1n) is 6.72. The summed E-state index contributed by atoms with van der Waals surface area (Å²) in [5, 5.41) is 6.17. The minimum absolute atomic E-state index is 0.185. The number of nitrogens with one attached hydrogen (secondary N) is 2. The molecule has 0 saturated carbocycles. The lowest BCUT2D eigenvalue weighted by atomic mass is 10.1. The zero-order chi connectivity index (χ0) is 15.4. The molecular weight excluding hydrogens is 286 g/mol. The summed E-state index contributed by atoms with van der Waals surface area (Å²) >= 11 is 6.18. The first kappa shape index (κ1) is 15.3. The van der Waals surface area contributed by atoms with E-state index in [1.165, 1.54) is 0 Å². The van der Waals surface area contributed by atoms with Gasteiger partial charge in [0, 0.05) is 6.20 Å². The number of hydrogen-bond acceptors (Lipinski definition) is 2. The van der Waals surface area contributed by atoms with Gasteiger partial charge in [0.05, 0.1) is 22.4 Å². The van der Waals surface area contributed by atoms with E-state index in [2.05, 4.69) is 15.6 Å². The smallest absolute Gasteiger partial charge is 0.319 e. The van der Waals surface area contributed by atoms with E-state index in [0.717, 1.165) is 16.8 Å². The summed E-state index contributed by atoms with van der Waals surface area (Å²) in [6.07, 6.45) is 1.70. The monoisotopic (exact) mass is 303 g/mol. The molecule has 110 valence electrons. The van der Waals surface area contributed by atoms with Crippen molar-refractivity contribution in [1.29, 1.82) is 0 Å². The van der Waals surface area contributed by atoms with Gasteiger partial charge in [0.1, 0.15) is 0 Å². The third-order valence-electron chi connectivity index (χ3n) is 3.15. The Bertz CT molecular complexity index is 620. The second kappa shape index (κ2) is 6.59. The Kier molecular flexibility index (Phi) is 4.81. The van der Waals surface area contributed by atoms with Gasteiger partial charge in [-0.3, -0.25) is 4.98 Å². The molecule has 0 fully saturated rings. The lowest BCUT2D eigenvalue weighted by molar-refractivity contribution is 0.249. The molecule has 21 heavy (non-hydrogen) atoms. The number of rotatable bonds is 3. The van der Waals surface area contributed by atoms with Crippen LogP contribution in [0.25, 0.3) is 0 Å². The highest BCUT2D eigenvalue weighted by Crippen LogP contribution is 2.27. The van der Waals surface area contributed by atoms with Crippen LogP contribution in [0.15, 0.2) is 36.5 Å². The van der Waals surface area contributed by atoms with E-state index in [-0.39, 0.29) is 12.1 Å². The van der Waals surface area contributed by atoms with Gasteiger partial charge < -0.3 is 10.6 Å². The molecule has 5 heteroatoms. The first-order chi connectivity index (χ1) is 9.97. The minimum Gasteiger partial charge on any atom is -0.330 e. The van der Waals surface area contributed by atoms with Crippen molar-refractivity contribution < 1.29 is 4.79 Å². The molecule has 1 aromatic carbocycles. The zero-order valence-electron chi connectivity index (χ0n) is 12.3. The van der Waals surface area contributed by atoms with Crippen molar-refractivity contribution in [2.45, 2.75) is 26.8 Å². The van der Waals surface area contributed by atoms with Crippen LogP contribution in [0.2, 0.25) is 5.02 Å². The summed E-state index contributed by atoms with van der Waals surface area (Å²) in [6, 6.07) is 8.91. The standard InChI is InChI=1S/C16H18ClN3O/c1-10-8-11(2)15(13(17)9-10)20-16(21)19-12(3)14-6-4-5-7-18-14/h4-9,12H,1-3H3,(H2,19,20,21). The Morgan fingerprint density at radius 2 is 2.05 bits per heavy atom. The largest absolute Gasteiger partial charge is 0.330 e. The van der Waals surface area contributed by atoms with Crippen LogP contribution in [-0.4, -0.2) is 11.0 Å². The van der Waals surface area contributed by atoms with Crippen LogP contribution in [0, 0.1) is 13.8 Å². The molecule has 0 saturated heterocycles. The molecule has 2 amide bonds. The number of hydrogen-bond donors (Lipinski definition) is 2. The number of amides is 2. The zero-order valence-corrected chi connectivity index (χ0v) is 13.0. The van der Waals surface area contributed by atoms with Crippen LogP contribution in [0.1, 0.15) is 29.8 Å². The van der Waals surface area contributed by atoms with E-state index >= 15 is 0 Å². The summed E-state index contributed by atoms with van der Waals surface area (Å²) < 4.78 is 0. The number of carbonyl (C=O) groups is 1. The molecule has 1 aromatic heterocycles. The predicted octanol–water partition coefficient (Wildman–Crippen LogP) is 4.23. The van der Waals surface area contributed by atoms with Crippen molar-refractivity contribution in [2.75, 3.05) is 5.32 Å². The Labute approximate surface area is 129 Å². The number of halogens is 1. The third-order valence-corrected chi connectivity index (χ3v) is 3.45. The Morgan fingerprint density at radius 1 is 1.29 bits per heavy atom. The third kappa shape index (κ3) is 3.95. The van der Waals surface area contributed by atoms with Crippen LogP contribution >= 0.6 is 11.6 Å². The van der Waals surface area contributed by atoms with E-state index in [1.807, 2.05) is 51.1 Å². The van der Waals surface area contributed by atoms with E-state index < -0.39 is 0 Å². The van der Waals surface area contributed by atoms with Crippen LogP contribution in [0.4, 0.5) is 10.5 Å². The lowest BCUT2D eigenvalue weighted by Crippen LogP contribution is -2.31. The van der Waals surface area contributed by atoms with Gasteiger partial charge in [-0.05, 0) is 50.1 Å². The van der Waals surface area contributed by atoms with Crippen molar-refractivity contribution in [3.05, 3.63) is 58.4 Å². The van der Waals surface area contributed by atoms with E-state index in [1.54, 1.807) is 6.20 Å². The van der Waals surface area contributed by atoms with Gasteiger partial charge in [0.2, 0.25) is 0 Å². The Hall–Kier alpha value is -2.07. The predicted molar refractivity (Wildman–Crippen MR) is 85.7 cm³/mol. The lowest BCUT2D eigenvalue weighted by Gasteiger charge is -2.16. The molecule has 2 aromatic rings. The maximum absolute atomic E-state index is 12.1. The van der Waals surface area contributed by atoms with E-state index in [9.17, 15) is 4.79 Å². The summed E-state index contributed by atoms with van der Waals surface area (Å²) in [4.78, 5) is 16.3. The van der Waals surface area contributed by atoms with E-state index in [0.29, 0.717) is 10.7 Å². The van der Waals surface area contributed by atoms with Gasteiger partial charge in [-0.2, -0.15) is 0 Å². The molecule has 0 radical (unpaired) electrons. The van der Waals surface area contributed by atoms with Crippen molar-refractivity contribution in [3.8, 4) is 0 Å². The summed E-state index contributed by atoms with van der Waals surface area (Å²) in [7, 11) is 0. The highest BCUT2D eigenvalue weighted by molar-refractivity contribution is 6.34. The highest BCUT2D eigenvalue weighted by Gasteiger charge is 2.13. The quantitative estimate of drug-likeness (QED) is 0.891. The second-order valence-corrected chi connectivity index (χ2v) is 5.42. The van der Waals surface area contributed by atoms with Crippen molar-refractivity contribution in [1.82, 2.24) is 10.3 Å². The molecule has 2 N–H and O–H groups in total. The van der Waals surface area contributed by atoms with Gasteiger partial charge in [-0.1, -0.05) is 23.7 Å². The number of aryl methyl sites for hydroxylation is 2. The summed E-state index contributed by atoms with van der Waals surface area (Å²) in [5.41, 5.74) is 3.43. The maximum Gasteiger partial charge on any atom is 0.319 e. The number of anilines is 1. The van der Waals surface area contributed by atoms with Gasteiger partial charge >= 0.3 is 6.03 Å². The molecular formula is C16H18ClN3O. The Balaban J connectivity index is 2.06. The number of carbonyl (C=O) groups excluding carboxylic acids is 1. The van der Waals surface area contributed by atoms with Gasteiger partial charge in [0.15, 0.2) is 0 Å². The molecule has 1 atom stereocenters. The van der Waals surface area contributed by atoms with Crippen molar-refractivity contribution in [3.63, 3.8) is 0 Å². The number of benzene rings is 1. The number of nitrogens with zero attached hydrogens (tertiary/aromatic N) is 1. The fraction of sp³-hybridized carbons (Fsp3) is 0.250. The molecule has 0 bridgehead atoms. The molecule has 2 rings (SSSR count). The fourth-order valence-corrected chi connectivity index (χ4v) is 2.49. The fourth-order valence-electron chi connectivity index (χ4n) is 2.13. The van der Waals surface area contributed by atoms with Crippen LogP contribution in [0.3, 0.4) is 0 Å². The number of aromatic nitrogens is 1. The van der Waals surface area contributed by atoms with E-state index in [4.69, 9.17) is 11.6 Å². The molecule has 0 spiro atoms. The van der Waals surface area contributed by atoms with Crippen LogP contribution in [-0.2, 0) is 0 Å². The minimum atomic E-state index is -0.304. The molecule has 0 aliphatic heterocycles. The molecule has 0 aliphatic carbocycles. The molecule has 1 unspecified atom stereocenters. The SMILES string of the molecule is Cc1cc(C)c(NC(=O)NC(C)c2ccccn2)c(Cl)c1. The molecule has 1 heterocycles. The average Bonchev–Trinajstić information content (AvgIpc) is 2.43.